The number of nitrogens with zero attached hydrogens (tertiary/aromatic N) is 1. The molecule has 2 heterocycles. The fraction of sp³-hybridized carbons (Fsp3) is 0.400. The van der Waals surface area contributed by atoms with Crippen LogP contribution >= 0.6 is 11.3 Å². The smallest absolute Gasteiger partial charge is 0.348 e. The first-order chi connectivity index (χ1) is 13.7. The molecule has 0 atom stereocenters. The van der Waals surface area contributed by atoms with Gasteiger partial charge in [0, 0.05) is 19.0 Å². The number of carbonyl (C=O) groups is 2. The minimum absolute atomic E-state index is 0.160. The van der Waals surface area contributed by atoms with Gasteiger partial charge in [0.2, 0.25) is 15.9 Å². The van der Waals surface area contributed by atoms with E-state index < -0.39 is 16.0 Å². The number of rotatable bonds is 5. The third-order valence-corrected chi connectivity index (χ3v) is 8.05. The van der Waals surface area contributed by atoms with E-state index >= 15 is 0 Å². The number of hydrogen-bond acceptors (Lipinski definition) is 6. The number of methoxy groups -OCH3 is 1. The number of piperidine rings is 1. The van der Waals surface area contributed by atoms with Crippen LogP contribution in [0.5, 0.6) is 0 Å². The van der Waals surface area contributed by atoms with Gasteiger partial charge in [-0.25, -0.2) is 13.2 Å². The van der Waals surface area contributed by atoms with Gasteiger partial charge in [-0.2, -0.15) is 4.31 Å². The summed E-state index contributed by atoms with van der Waals surface area (Å²) < 4.78 is 32.0. The highest BCUT2D eigenvalue weighted by atomic mass is 32.2. The van der Waals surface area contributed by atoms with Gasteiger partial charge in [0.05, 0.1) is 17.0 Å². The van der Waals surface area contributed by atoms with Crippen molar-refractivity contribution in [3.05, 3.63) is 46.3 Å². The van der Waals surface area contributed by atoms with Crippen LogP contribution in [0.1, 0.15) is 33.6 Å². The highest BCUT2D eigenvalue weighted by Gasteiger charge is 2.33. The van der Waals surface area contributed by atoms with Crippen molar-refractivity contribution < 1.29 is 22.7 Å². The van der Waals surface area contributed by atoms with E-state index in [1.165, 1.54) is 11.4 Å². The number of carbonyl (C=O) groups excluding carboxylic acids is 2. The molecule has 1 aliphatic heterocycles. The minimum Gasteiger partial charge on any atom is -0.465 e. The van der Waals surface area contributed by atoms with Crippen molar-refractivity contribution in [1.82, 2.24) is 4.31 Å². The zero-order valence-corrected chi connectivity index (χ0v) is 18.2. The molecular formula is C20H24N2O5S2. The maximum Gasteiger partial charge on any atom is 0.348 e. The Kier molecular flexibility index (Phi) is 6.40. The van der Waals surface area contributed by atoms with Crippen molar-refractivity contribution in [1.29, 1.82) is 0 Å². The molecule has 0 spiro atoms. The van der Waals surface area contributed by atoms with Crippen LogP contribution in [0.3, 0.4) is 0 Å². The largest absolute Gasteiger partial charge is 0.465 e. The van der Waals surface area contributed by atoms with Gasteiger partial charge in [-0.15, -0.1) is 11.3 Å². The molecule has 7 nitrogen and oxygen atoms in total. The van der Waals surface area contributed by atoms with Crippen LogP contribution in [0.2, 0.25) is 0 Å². The number of thiophene rings is 1. The molecule has 1 aliphatic rings. The molecule has 3 rings (SSSR count). The summed E-state index contributed by atoms with van der Waals surface area (Å²) in [5.41, 5.74) is 1.74. The summed E-state index contributed by atoms with van der Waals surface area (Å²) in [6.07, 6.45) is 0.899. The average molecular weight is 437 g/mol. The fourth-order valence-electron chi connectivity index (χ4n) is 3.43. The van der Waals surface area contributed by atoms with E-state index in [1.54, 1.807) is 31.2 Å². The molecule has 0 saturated carbocycles. The van der Waals surface area contributed by atoms with E-state index in [0.717, 1.165) is 22.5 Å². The highest BCUT2D eigenvalue weighted by molar-refractivity contribution is 7.89. The molecule has 0 aliphatic carbocycles. The van der Waals surface area contributed by atoms with Crippen LogP contribution in [0.15, 0.2) is 35.2 Å². The standard InChI is InChI=1S/C20H24N2O5S2/c1-13-4-6-17(14(2)12-13)29(25,26)22-10-8-15(9-11-22)19(23)21-18-7-5-16(28-18)20(24)27-3/h4-7,12,15H,8-11H2,1-3H3,(H,21,23). The molecule has 9 heteroatoms. The van der Waals surface area contributed by atoms with Crippen molar-refractivity contribution in [2.24, 2.45) is 5.92 Å². The Morgan fingerprint density at radius 3 is 2.45 bits per heavy atom. The highest BCUT2D eigenvalue weighted by Crippen LogP contribution is 2.28. The Morgan fingerprint density at radius 1 is 1.14 bits per heavy atom. The molecule has 1 aromatic heterocycles. The van der Waals surface area contributed by atoms with Gasteiger partial charge >= 0.3 is 5.97 Å². The number of amides is 1. The normalized spacial score (nSPS) is 15.8. The van der Waals surface area contributed by atoms with Gasteiger partial charge < -0.3 is 10.1 Å². The van der Waals surface area contributed by atoms with Crippen molar-refractivity contribution >= 4 is 38.2 Å². The first kappa shape index (κ1) is 21.5. The Morgan fingerprint density at radius 2 is 1.83 bits per heavy atom. The zero-order valence-electron chi connectivity index (χ0n) is 16.6. The Hall–Kier alpha value is -2.23. The van der Waals surface area contributed by atoms with Crippen LogP contribution in [-0.4, -0.2) is 44.8 Å². The van der Waals surface area contributed by atoms with E-state index in [-0.39, 0.29) is 11.8 Å². The maximum absolute atomic E-state index is 13.0. The SMILES string of the molecule is COC(=O)c1ccc(NC(=O)C2CCN(S(=O)(=O)c3ccc(C)cc3C)CC2)s1. The lowest BCUT2D eigenvalue weighted by atomic mass is 9.97. The van der Waals surface area contributed by atoms with Crippen LogP contribution in [0.4, 0.5) is 5.00 Å². The molecule has 2 aromatic rings. The second kappa shape index (κ2) is 8.64. The third kappa shape index (κ3) is 4.68. The summed E-state index contributed by atoms with van der Waals surface area (Å²) in [6, 6.07) is 8.56. The summed E-state index contributed by atoms with van der Waals surface area (Å²) in [7, 11) is -2.27. The van der Waals surface area contributed by atoms with E-state index in [1.807, 2.05) is 13.0 Å². The number of aryl methyl sites for hydroxylation is 2. The first-order valence-corrected chi connectivity index (χ1v) is 11.5. The first-order valence-electron chi connectivity index (χ1n) is 9.29. The lowest BCUT2D eigenvalue weighted by molar-refractivity contribution is -0.120. The number of hydrogen-bond donors (Lipinski definition) is 1. The Balaban J connectivity index is 1.61. The van der Waals surface area contributed by atoms with Gasteiger partial charge in [0.1, 0.15) is 4.88 Å². The predicted octanol–water partition coefficient (Wildman–Crippen LogP) is 3.19. The monoisotopic (exact) mass is 436 g/mol. The molecule has 0 unspecified atom stereocenters. The lowest BCUT2D eigenvalue weighted by Gasteiger charge is -2.30. The number of nitrogens with one attached hydrogen (secondary N) is 1. The zero-order chi connectivity index (χ0) is 21.2. The van der Waals surface area contributed by atoms with Gasteiger partial charge in [-0.1, -0.05) is 17.7 Å². The van der Waals surface area contributed by atoms with E-state index in [0.29, 0.717) is 40.7 Å². The van der Waals surface area contributed by atoms with Gasteiger partial charge in [-0.3, -0.25) is 4.79 Å². The van der Waals surface area contributed by atoms with Gasteiger partial charge in [-0.05, 0) is 50.5 Å². The van der Waals surface area contributed by atoms with Crippen molar-refractivity contribution in [3.8, 4) is 0 Å². The number of benzene rings is 1. The molecule has 0 bridgehead atoms. The molecule has 1 fully saturated rings. The van der Waals surface area contributed by atoms with Crippen molar-refractivity contribution in [2.45, 2.75) is 31.6 Å². The molecule has 0 radical (unpaired) electrons. The molecular weight excluding hydrogens is 412 g/mol. The Labute approximate surface area is 174 Å². The summed E-state index contributed by atoms with van der Waals surface area (Å²) in [6.45, 7) is 4.32. The summed E-state index contributed by atoms with van der Waals surface area (Å²) in [5, 5.41) is 3.39. The van der Waals surface area contributed by atoms with Crippen LogP contribution in [0.25, 0.3) is 0 Å². The lowest BCUT2D eigenvalue weighted by Crippen LogP contribution is -2.41. The van der Waals surface area contributed by atoms with Crippen LogP contribution < -0.4 is 5.32 Å². The number of anilines is 1. The van der Waals surface area contributed by atoms with Crippen LogP contribution in [-0.2, 0) is 19.6 Å². The molecule has 29 heavy (non-hydrogen) atoms. The maximum atomic E-state index is 13.0. The van der Waals surface area contributed by atoms with E-state index in [9.17, 15) is 18.0 Å². The second-order valence-electron chi connectivity index (χ2n) is 7.09. The Bertz CT molecular complexity index is 1020. The average Bonchev–Trinajstić information content (AvgIpc) is 3.15. The predicted molar refractivity (Wildman–Crippen MR) is 112 cm³/mol. The fourth-order valence-corrected chi connectivity index (χ4v) is 5.93. The number of ether oxygens (including phenoxy) is 1. The van der Waals surface area contributed by atoms with Gasteiger partial charge in [0.25, 0.3) is 0 Å². The van der Waals surface area contributed by atoms with E-state index in [4.69, 9.17) is 0 Å². The molecule has 156 valence electrons. The second-order valence-corrected chi connectivity index (χ2v) is 10.1. The summed E-state index contributed by atoms with van der Waals surface area (Å²) in [5.74, 6) is -0.878. The molecule has 1 N–H and O–H groups in total. The molecule has 1 aromatic carbocycles. The molecule has 1 amide bonds. The molecule has 1 saturated heterocycles. The van der Waals surface area contributed by atoms with Crippen molar-refractivity contribution in [2.75, 3.05) is 25.5 Å². The quantitative estimate of drug-likeness (QED) is 0.727. The third-order valence-electron chi connectivity index (χ3n) is 5.01. The van der Waals surface area contributed by atoms with Crippen LogP contribution in [0, 0.1) is 19.8 Å². The number of esters is 1. The summed E-state index contributed by atoms with van der Waals surface area (Å²) in [4.78, 5) is 24.8. The minimum atomic E-state index is -3.57. The summed E-state index contributed by atoms with van der Waals surface area (Å²) >= 11 is 1.15. The van der Waals surface area contributed by atoms with E-state index in [2.05, 4.69) is 10.1 Å². The topological polar surface area (TPSA) is 92.8 Å². The van der Waals surface area contributed by atoms with Crippen molar-refractivity contribution in [3.63, 3.8) is 0 Å². The number of sulfonamides is 1. The van der Waals surface area contributed by atoms with Gasteiger partial charge in [0.15, 0.2) is 0 Å².